The van der Waals surface area contributed by atoms with Gasteiger partial charge in [0.25, 0.3) is 0 Å². The summed E-state index contributed by atoms with van der Waals surface area (Å²) in [6, 6.07) is 6.13. The van der Waals surface area contributed by atoms with Gasteiger partial charge in [-0.3, -0.25) is 4.79 Å². The molecular weight excluding hydrogens is 233 g/mol. The van der Waals surface area contributed by atoms with Crippen molar-refractivity contribution in [2.75, 3.05) is 11.9 Å². The van der Waals surface area contributed by atoms with E-state index in [-0.39, 0.29) is 5.82 Å². The lowest BCUT2D eigenvalue weighted by Gasteiger charge is -2.15. The predicted octanol–water partition coefficient (Wildman–Crippen LogP) is 2.32. The van der Waals surface area contributed by atoms with Crippen LogP contribution in [0.2, 0.25) is 0 Å². The van der Waals surface area contributed by atoms with Crippen molar-refractivity contribution in [3.05, 3.63) is 35.8 Å². The second-order valence-corrected chi connectivity index (χ2v) is 4.23. The van der Waals surface area contributed by atoms with Crippen LogP contribution >= 0.6 is 0 Å². The molecule has 0 atom stereocenters. The first kappa shape index (κ1) is 11.0. The molecule has 1 N–H and O–H groups in total. The summed E-state index contributed by atoms with van der Waals surface area (Å²) in [6.07, 6.45) is 1.73. The van der Waals surface area contributed by atoms with E-state index in [0.717, 1.165) is 25.8 Å². The van der Waals surface area contributed by atoms with Crippen molar-refractivity contribution in [3.63, 3.8) is 0 Å². The number of aldehydes is 1. The van der Waals surface area contributed by atoms with E-state index in [1.165, 1.54) is 12.1 Å². The summed E-state index contributed by atoms with van der Waals surface area (Å²) in [5.74, 6) is 0.353. The van der Waals surface area contributed by atoms with Crippen molar-refractivity contribution in [1.29, 1.82) is 0 Å². The monoisotopic (exact) mass is 245 g/mol. The minimum Gasteiger partial charge on any atom is -0.356 e. The summed E-state index contributed by atoms with van der Waals surface area (Å²) < 4.78 is 15.1. The van der Waals surface area contributed by atoms with Crippen LogP contribution in [0.1, 0.15) is 16.9 Å². The molecule has 1 aromatic heterocycles. The van der Waals surface area contributed by atoms with Gasteiger partial charge in [-0.2, -0.15) is 0 Å². The number of carbonyl (C=O) groups excluding carboxylic acids is 1. The number of nitrogens with one attached hydrogen (secondary N) is 1. The van der Waals surface area contributed by atoms with Gasteiger partial charge in [0.2, 0.25) is 5.95 Å². The lowest BCUT2D eigenvalue weighted by Crippen LogP contribution is -2.18. The molecule has 1 aliphatic heterocycles. The molecular formula is C13H12FN3O. The minimum absolute atomic E-state index is 0.330. The van der Waals surface area contributed by atoms with Crippen molar-refractivity contribution >= 4 is 12.2 Å². The highest BCUT2D eigenvalue weighted by atomic mass is 19.1. The second-order valence-electron chi connectivity index (χ2n) is 4.23. The molecule has 0 radical (unpaired) electrons. The molecule has 92 valence electrons. The fraction of sp³-hybridized carbons (Fsp3) is 0.231. The van der Waals surface area contributed by atoms with Crippen LogP contribution in [0, 0.1) is 5.82 Å². The zero-order chi connectivity index (χ0) is 12.5. The first-order chi connectivity index (χ1) is 8.79. The van der Waals surface area contributed by atoms with E-state index in [2.05, 4.69) is 10.3 Å². The molecule has 5 heteroatoms. The maximum absolute atomic E-state index is 13.2. The number of anilines is 1. The highest BCUT2D eigenvalue weighted by Gasteiger charge is 2.20. The van der Waals surface area contributed by atoms with Gasteiger partial charge in [0, 0.05) is 18.7 Å². The van der Waals surface area contributed by atoms with Crippen LogP contribution in [-0.2, 0) is 6.54 Å². The first-order valence-electron chi connectivity index (χ1n) is 5.85. The van der Waals surface area contributed by atoms with Crippen LogP contribution in [0.3, 0.4) is 0 Å². The third kappa shape index (κ3) is 1.68. The molecule has 2 heterocycles. The number of fused-ring (bicyclic) bond motifs is 1. The molecule has 0 unspecified atom stereocenters. The van der Waals surface area contributed by atoms with E-state index in [4.69, 9.17) is 0 Å². The number of benzene rings is 1. The van der Waals surface area contributed by atoms with Crippen molar-refractivity contribution in [3.8, 4) is 11.3 Å². The molecule has 4 nitrogen and oxygen atoms in total. The molecule has 0 aliphatic carbocycles. The Hall–Kier alpha value is -2.17. The number of aromatic nitrogens is 2. The van der Waals surface area contributed by atoms with Crippen LogP contribution in [0.15, 0.2) is 24.3 Å². The van der Waals surface area contributed by atoms with E-state index in [9.17, 15) is 9.18 Å². The van der Waals surface area contributed by atoms with Gasteiger partial charge >= 0.3 is 0 Å². The number of hydrogen-bond donors (Lipinski definition) is 1. The molecule has 3 rings (SSSR count). The van der Waals surface area contributed by atoms with Crippen LogP contribution < -0.4 is 5.32 Å². The van der Waals surface area contributed by atoms with Gasteiger partial charge in [0.05, 0.1) is 0 Å². The van der Waals surface area contributed by atoms with Crippen LogP contribution in [0.4, 0.5) is 10.3 Å². The molecule has 0 fully saturated rings. The molecule has 18 heavy (non-hydrogen) atoms. The Morgan fingerprint density at radius 3 is 3.11 bits per heavy atom. The standard InChI is InChI=1S/C13H12FN3O/c14-10-4-1-3-9(7-10)12-11(8-18)17-6-2-5-15-13(17)16-12/h1,3-4,7-8H,2,5-6H2,(H,15,16). The van der Waals surface area contributed by atoms with Crippen LogP contribution in [0.25, 0.3) is 11.3 Å². The molecule has 0 saturated heterocycles. The fourth-order valence-electron chi connectivity index (χ4n) is 2.23. The van der Waals surface area contributed by atoms with E-state index in [1.807, 2.05) is 4.57 Å². The highest BCUT2D eigenvalue weighted by molar-refractivity contribution is 5.85. The summed E-state index contributed by atoms with van der Waals surface area (Å²) >= 11 is 0. The minimum atomic E-state index is -0.330. The summed E-state index contributed by atoms with van der Waals surface area (Å²) in [5.41, 5.74) is 1.66. The van der Waals surface area contributed by atoms with Crippen molar-refractivity contribution < 1.29 is 9.18 Å². The number of carbonyl (C=O) groups is 1. The third-order valence-corrected chi connectivity index (χ3v) is 3.06. The van der Waals surface area contributed by atoms with Gasteiger partial charge in [0.1, 0.15) is 17.2 Å². The molecule has 2 aromatic rings. The second kappa shape index (κ2) is 4.25. The first-order valence-corrected chi connectivity index (χ1v) is 5.85. The number of imidazole rings is 1. The Kier molecular flexibility index (Phi) is 2.59. The van der Waals surface area contributed by atoms with Gasteiger partial charge < -0.3 is 9.88 Å². The highest BCUT2D eigenvalue weighted by Crippen LogP contribution is 2.27. The summed E-state index contributed by atoms with van der Waals surface area (Å²) in [5, 5.41) is 3.14. The smallest absolute Gasteiger partial charge is 0.203 e. The normalized spacial score (nSPS) is 13.8. The average molecular weight is 245 g/mol. The van der Waals surface area contributed by atoms with E-state index < -0.39 is 0 Å². The average Bonchev–Trinajstić information content (AvgIpc) is 2.77. The Morgan fingerprint density at radius 2 is 2.33 bits per heavy atom. The van der Waals surface area contributed by atoms with E-state index in [1.54, 1.807) is 12.1 Å². The Balaban J connectivity index is 2.17. The molecule has 0 spiro atoms. The van der Waals surface area contributed by atoms with Gasteiger partial charge in [0.15, 0.2) is 6.29 Å². The zero-order valence-electron chi connectivity index (χ0n) is 9.69. The number of hydrogen-bond acceptors (Lipinski definition) is 3. The molecule has 0 amide bonds. The third-order valence-electron chi connectivity index (χ3n) is 3.06. The quantitative estimate of drug-likeness (QED) is 0.826. The largest absolute Gasteiger partial charge is 0.356 e. The fourth-order valence-corrected chi connectivity index (χ4v) is 2.23. The molecule has 0 saturated carbocycles. The maximum Gasteiger partial charge on any atom is 0.203 e. The molecule has 0 bridgehead atoms. The number of rotatable bonds is 2. The van der Waals surface area contributed by atoms with E-state index >= 15 is 0 Å². The lowest BCUT2D eigenvalue weighted by atomic mass is 10.1. The Labute approximate surface area is 103 Å². The Bertz CT molecular complexity index is 606. The topological polar surface area (TPSA) is 46.9 Å². The summed E-state index contributed by atoms with van der Waals surface area (Å²) in [7, 11) is 0. The van der Waals surface area contributed by atoms with Gasteiger partial charge in [-0.1, -0.05) is 12.1 Å². The zero-order valence-corrected chi connectivity index (χ0v) is 9.69. The molecule has 1 aliphatic rings. The SMILES string of the molecule is O=Cc1c(-c2cccc(F)c2)nc2n1CCCN2. The summed E-state index contributed by atoms with van der Waals surface area (Å²) in [6.45, 7) is 1.61. The summed E-state index contributed by atoms with van der Waals surface area (Å²) in [4.78, 5) is 15.6. The van der Waals surface area contributed by atoms with Crippen molar-refractivity contribution in [2.24, 2.45) is 0 Å². The maximum atomic E-state index is 13.2. The lowest BCUT2D eigenvalue weighted by molar-refractivity contribution is 0.111. The van der Waals surface area contributed by atoms with E-state index in [0.29, 0.717) is 22.9 Å². The Morgan fingerprint density at radius 1 is 1.44 bits per heavy atom. The van der Waals surface area contributed by atoms with Crippen molar-refractivity contribution in [1.82, 2.24) is 9.55 Å². The van der Waals surface area contributed by atoms with Crippen LogP contribution in [0.5, 0.6) is 0 Å². The van der Waals surface area contributed by atoms with Crippen LogP contribution in [-0.4, -0.2) is 22.4 Å². The number of nitrogens with zero attached hydrogens (tertiary/aromatic N) is 2. The number of halogens is 1. The van der Waals surface area contributed by atoms with Gasteiger partial charge in [-0.15, -0.1) is 0 Å². The molecule has 1 aromatic carbocycles. The van der Waals surface area contributed by atoms with Gasteiger partial charge in [-0.05, 0) is 18.6 Å². The van der Waals surface area contributed by atoms with Crippen molar-refractivity contribution in [2.45, 2.75) is 13.0 Å². The van der Waals surface area contributed by atoms with Gasteiger partial charge in [-0.25, -0.2) is 9.37 Å². The predicted molar refractivity (Wildman–Crippen MR) is 66.1 cm³/mol.